The number of aliphatic carboxylic acids is 1. The van der Waals surface area contributed by atoms with Crippen LogP contribution in [-0.2, 0) is 17.5 Å². The minimum Gasteiger partial charge on any atom is -0.480 e. The van der Waals surface area contributed by atoms with Gasteiger partial charge in [-0.1, -0.05) is 0 Å². The molecule has 1 N–H and O–H groups in total. The van der Waals surface area contributed by atoms with Gasteiger partial charge in [0.1, 0.15) is 6.54 Å². The molecule has 0 amide bonds. The summed E-state index contributed by atoms with van der Waals surface area (Å²) in [5, 5.41) is 8.31. The Morgan fingerprint density at radius 3 is 2.63 bits per heavy atom. The maximum absolute atomic E-state index is 12.5. The van der Waals surface area contributed by atoms with Crippen molar-refractivity contribution in [3.05, 3.63) is 40.4 Å². The Morgan fingerprint density at radius 2 is 2.05 bits per heavy atom. The Morgan fingerprint density at radius 1 is 1.37 bits per heavy atom. The molecule has 0 saturated carbocycles. The third-order valence-corrected chi connectivity index (χ3v) is 2.46. The summed E-state index contributed by atoms with van der Waals surface area (Å²) in [6, 6.07) is 2.56. The summed E-state index contributed by atoms with van der Waals surface area (Å²) < 4.78 is 38.3. The molecular formula is C11H7F3N2O3. The summed E-state index contributed by atoms with van der Waals surface area (Å²) in [6.07, 6.45) is -3.58. The Kier molecular flexibility index (Phi) is 3.01. The van der Waals surface area contributed by atoms with Crippen LogP contribution in [0.15, 0.2) is 29.3 Å². The molecule has 5 nitrogen and oxygen atoms in total. The van der Waals surface area contributed by atoms with E-state index in [0.717, 1.165) is 23.0 Å². The summed E-state index contributed by atoms with van der Waals surface area (Å²) >= 11 is 0. The molecule has 0 aliphatic rings. The second kappa shape index (κ2) is 4.38. The van der Waals surface area contributed by atoms with Gasteiger partial charge in [0.25, 0.3) is 5.56 Å². The van der Waals surface area contributed by atoms with E-state index in [1.807, 2.05) is 0 Å². The molecule has 0 unspecified atom stereocenters. The van der Waals surface area contributed by atoms with Crippen molar-refractivity contribution in [1.29, 1.82) is 0 Å². The molecule has 0 radical (unpaired) electrons. The van der Waals surface area contributed by atoms with Crippen LogP contribution in [0, 0.1) is 0 Å². The lowest BCUT2D eigenvalue weighted by Gasteiger charge is -2.08. The number of hydrogen-bond donors (Lipinski definition) is 1. The highest BCUT2D eigenvalue weighted by molar-refractivity contribution is 5.78. The van der Waals surface area contributed by atoms with Gasteiger partial charge in [0.05, 0.1) is 22.8 Å². The second-order valence-electron chi connectivity index (χ2n) is 3.80. The van der Waals surface area contributed by atoms with E-state index in [-0.39, 0.29) is 10.9 Å². The van der Waals surface area contributed by atoms with Crippen molar-refractivity contribution in [1.82, 2.24) is 9.55 Å². The van der Waals surface area contributed by atoms with Gasteiger partial charge in [-0.25, -0.2) is 4.98 Å². The van der Waals surface area contributed by atoms with Gasteiger partial charge >= 0.3 is 12.1 Å². The first-order valence-electron chi connectivity index (χ1n) is 5.07. The van der Waals surface area contributed by atoms with Gasteiger partial charge in [-0.15, -0.1) is 0 Å². The third-order valence-electron chi connectivity index (χ3n) is 2.46. The molecule has 0 fully saturated rings. The Labute approximate surface area is 103 Å². The number of aromatic nitrogens is 2. The SMILES string of the molecule is O=C(O)Cn1cnc2ccc(C(F)(F)F)cc2c1=O. The van der Waals surface area contributed by atoms with Crippen LogP contribution in [0.25, 0.3) is 10.9 Å². The smallest absolute Gasteiger partial charge is 0.416 e. The van der Waals surface area contributed by atoms with Gasteiger partial charge in [-0.05, 0) is 18.2 Å². The molecule has 19 heavy (non-hydrogen) atoms. The topological polar surface area (TPSA) is 72.2 Å². The summed E-state index contributed by atoms with van der Waals surface area (Å²) in [4.78, 5) is 26.1. The van der Waals surface area contributed by atoms with E-state index in [9.17, 15) is 22.8 Å². The van der Waals surface area contributed by atoms with Gasteiger partial charge in [-0.3, -0.25) is 14.2 Å². The summed E-state index contributed by atoms with van der Waals surface area (Å²) in [7, 11) is 0. The first-order valence-corrected chi connectivity index (χ1v) is 5.07. The summed E-state index contributed by atoms with van der Waals surface area (Å²) in [6.45, 7) is -0.655. The first-order chi connectivity index (χ1) is 8.79. The lowest BCUT2D eigenvalue weighted by Crippen LogP contribution is -2.24. The average molecular weight is 272 g/mol. The Balaban J connectivity index is 2.66. The van der Waals surface area contributed by atoms with E-state index in [1.165, 1.54) is 0 Å². The maximum atomic E-state index is 12.5. The zero-order valence-corrected chi connectivity index (χ0v) is 9.31. The van der Waals surface area contributed by atoms with E-state index in [2.05, 4.69) is 4.98 Å². The number of benzene rings is 1. The second-order valence-corrected chi connectivity index (χ2v) is 3.80. The lowest BCUT2D eigenvalue weighted by molar-refractivity contribution is -0.138. The summed E-state index contributed by atoms with van der Waals surface area (Å²) in [5.41, 5.74) is -1.72. The number of fused-ring (bicyclic) bond motifs is 1. The number of nitrogens with zero attached hydrogens (tertiary/aromatic N) is 2. The molecule has 2 rings (SSSR count). The van der Waals surface area contributed by atoms with Gasteiger partial charge in [0, 0.05) is 0 Å². The van der Waals surface area contributed by atoms with Crippen molar-refractivity contribution >= 4 is 16.9 Å². The number of carbonyl (C=O) groups is 1. The minimum atomic E-state index is -4.58. The van der Waals surface area contributed by atoms with Crippen molar-refractivity contribution in [2.75, 3.05) is 0 Å². The Hall–Kier alpha value is -2.38. The molecule has 0 aliphatic carbocycles. The van der Waals surface area contributed by atoms with Crippen LogP contribution >= 0.6 is 0 Å². The normalized spacial score (nSPS) is 11.7. The van der Waals surface area contributed by atoms with Crippen LogP contribution in [0.4, 0.5) is 13.2 Å². The third kappa shape index (κ3) is 2.56. The monoisotopic (exact) mass is 272 g/mol. The number of alkyl halides is 3. The molecule has 1 heterocycles. The summed E-state index contributed by atoms with van der Waals surface area (Å²) in [5.74, 6) is -1.28. The predicted octanol–water partition coefficient (Wildman–Crippen LogP) is 1.50. The molecule has 1 aromatic carbocycles. The molecule has 0 spiro atoms. The fraction of sp³-hybridized carbons (Fsp3) is 0.182. The average Bonchev–Trinajstić information content (AvgIpc) is 2.31. The fourth-order valence-electron chi connectivity index (χ4n) is 1.59. The highest BCUT2D eigenvalue weighted by atomic mass is 19.4. The number of halogens is 3. The highest BCUT2D eigenvalue weighted by Gasteiger charge is 2.30. The molecule has 0 saturated heterocycles. The van der Waals surface area contributed by atoms with Crippen molar-refractivity contribution in [2.24, 2.45) is 0 Å². The largest absolute Gasteiger partial charge is 0.480 e. The van der Waals surface area contributed by atoms with Crippen LogP contribution in [0.3, 0.4) is 0 Å². The molecule has 0 atom stereocenters. The quantitative estimate of drug-likeness (QED) is 0.899. The molecular weight excluding hydrogens is 265 g/mol. The minimum absolute atomic E-state index is 0.0830. The van der Waals surface area contributed by atoms with E-state index in [4.69, 9.17) is 5.11 Å². The van der Waals surface area contributed by atoms with E-state index in [1.54, 1.807) is 0 Å². The maximum Gasteiger partial charge on any atom is 0.416 e. The van der Waals surface area contributed by atoms with Crippen LogP contribution in [0.1, 0.15) is 5.56 Å². The van der Waals surface area contributed by atoms with Gasteiger partial charge < -0.3 is 5.11 Å². The number of hydrogen-bond acceptors (Lipinski definition) is 3. The van der Waals surface area contributed by atoms with Crippen LogP contribution in [0.2, 0.25) is 0 Å². The Bertz CT molecular complexity index is 706. The first kappa shape index (κ1) is 13.1. The molecule has 8 heteroatoms. The van der Waals surface area contributed by atoms with Gasteiger partial charge in [0.15, 0.2) is 0 Å². The molecule has 2 aromatic rings. The van der Waals surface area contributed by atoms with Crippen LogP contribution < -0.4 is 5.56 Å². The zero-order valence-electron chi connectivity index (χ0n) is 9.31. The number of carboxylic acids is 1. The highest BCUT2D eigenvalue weighted by Crippen LogP contribution is 2.30. The molecule has 100 valence electrons. The molecule has 0 bridgehead atoms. The molecule has 0 aliphatic heterocycles. The van der Waals surface area contributed by atoms with Crippen molar-refractivity contribution in [2.45, 2.75) is 12.7 Å². The number of carboxylic acid groups (broad SMARTS) is 1. The van der Waals surface area contributed by atoms with Crippen molar-refractivity contribution in [3.8, 4) is 0 Å². The standard InChI is InChI=1S/C11H7F3N2O3/c12-11(13,14)6-1-2-8-7(3-6)10(19)16(5-15-8)4-9(17)18/h1-3,5H,4H2,(H,17,18). The van der Waals surface area contributed by atoms with Gasteiger partial charge in [-0.2, -0.15) is 13.2 Å². The lowest BCUT2D eigenvalue weighted by atomic mass is 10.1. The van der Waals surface area contributed by atoms with Crippen LogP contribution in [-0.4, -0.2) is 20.6 Å². The zero-order chi connectivity index (χ0) is 14.2. The van der Waals surface area contributed by atoms with E-state index in [0.29, 0.717) is 6.07 Å². The van der Waals surface area contributed by atoms with Crippen molar-refractivity contribution < 1.29 is 23.1 Å². The van der Waals surface area contributed by atoms with E-state index < -0.39 is 29.8 Å². The molecule has 1 aromatic heterocycles. The van der Waals surface area contributed by atoms with E-state index >= 15 is 0 Å². The van der Waals surface area contributed by atoms with Crippen LogP contribution in [0.5, 0.6) is 0 Å². The fourth-order valence-corrected chi connectivity index (χ4v) is 1.59. The predicted molar refractivity (Wildman–Crippen MR) is 58.6 cm³/mol. The van der Waals surface area contributed by atoms with Gasteiger partial charge in [0.2, 0.25) is 0 Å². The number of rotatable bonds is 2. The van der Waals surface area contributed by atoms with Crippen molar-refractivity contribution in [3.63, 3.8) is 0 Å².